The second kappa shape index (κ2) is 5.24. The lowest BCUT2D eigenvalue weighted by Crippen LogP contribution is -1.73. The summed E-state index contributed by atoms with van der Waals surface area (Å²) in [6.07, 6.45) is 5.90. The van der Waals surface area contributed by atoms with E-state index in [-0.39, 0.29) is 0 Å². The summed E-state index contributed by atoms with van der Waals surface area (Å²) in [6, 6.07) is 0. The van der Waals surface area contributed by atoms with Crippen LogP contribution >= 0.6 is 11.6 Å². The Labute approximate surface area is 66.4 Å². The first-order chi connectivity index (χ1) is 4.63. The first-order valence-corrected chi connectivity index (χ1v) is 3.50. The molecule has 0 bridgehead atoms. The van der Waals surface area contributed by atoms with Crippen LogP contribution in [0.15, 0.2) is 23.8 Å². The van der Waals surface area contributed by atoms with Crippen LogP contribution in [0.3, 0.4) is 0 Å². The van der Waals surface area contributed by atoms with Crippen LogP contribution in [-0.4, -0.2) is 5.24 Å². The van der Waals surface area contributed by atoms with Gasteiger partial charge in [0.05, 0.1) is 0 Å². The van der Waals surface area contributed by atoms with Crippen molar-refractivity contribution in [3.8, 4) is 0 Å². The van der Waals surface area contributed by atoms with Gasteiger partial charge in [-0.2, -0.15) is 0 Å². The van der Waals surface area contributed by atoms with Gasteiger partial charge < -0.3 is 0 Å². The standard InChI is InChI=1S/C8H11ClO/c1-7(2)5-3-4-6-8(9)10/h4-6H,3H2,1-2H3/b6-4+. The molecule has 0 unspecified atom stereocenters. The first-order valence-electron chi connectivity index (χ1n) is 3.12. The van der Waals surface area contributed by atoms with Gasteiger partial charge in [-0.05, 0) is 37.9 Å². The van der Waals surface area contributed by atoms with Gasteiger partial charge in [-0.3, -0.25) is 4.79 Å². The summed E-state index contributed by atoms with van der Waals surface area (Å²) >= 11 is 5.05. The number of allylic oxidation sites excluding steroid dienone is 4. The Kier molecular flexibility index (Phi) is 4.95. The molecule has 0 aliphatic heterocycles. The highest BCUT2D eigenvalue weighted by Crippen LogP contribution is 1.94. The third-order valence-corrected chi connectivity index (χ3v) is 1.04. The predicted octanol–water partition coefficient (Wildman–Crippen LogP) is 2.66. The topological polar surface area (TPSA) is 17.1 Å². The van der Waals surface area contributed by atoms with Gasteiger partial charge in [-0.1, -0.05) is 17.7 Å². The number of hydrogen-bond donors (Lipinski definition) is 0. The van der Waals surface area contributed by atoms with Crippen LogP contribution in [0.5, 0.6) is 0 Å². The summed E-state index contributed by atoms with van der Waals surface area (Å²) in [4.78, 5) is 10.1. The molecule has 0 aliphatic rings. The molecule has 0 atom stereocenters. The van der Waals surface area contributed by atoms with E-state index in [9.17, 15) is 4.79 Å². The molecular weight excluding hydrogens is 148 g/mol. The van der Waals surface area contributed by atoms with Crippen molar-refractivity contribution in [3.05, 3.63) is 23.8 Å². The largest absolute Gasteiger partial charge is 0.276 e. The lowest BCUT2D eigenvalue weighted by Gasteiger charge is -1.84. The van der Waals surface area contributed by atoms with E-state index in [2.05, 4.69) is 0 Å². The summed E-state index contributed by atoms with van der Waals surface area (Å²) in [5, 5.41) is -0.415. The summed E-state index contributed by atoms with van der Waals surface area (Å²) in [5.41, 5.74) is 1.24. The predicted molar refractivity (Wildman–Crippen MR) is 44.0 cm³/mol. The average molecular weight is 159 g/mol. The van der Waals surface area contributed by atoms with Crippen LogP contribution in [0.2, 0.25) is 0 Å². The molecule has 56 valence electrons. The van der Waals surface area contributed by atoms with Crippen molar-refractivity contribution in [1.82, 2.24) is 0 Å². The fraction of sp³-hybridized carbons (Fsp3) is 0.375. The fourth-order valence-corrected chi connectivity index (χ4v) is 0.554. The monoisotopic (exact) mass is 158 g/mol. The summed E-state index contributed by atoms with van der Waals surface area (Å²) in [7, 11) is 0. The van der Waals surface area contributed by atoms with Crippen LogP contribution in [0.4, 0.5) is 0 Å². The van der Waals surface area contributed by atoms with Crippen LogP contribution in [0, 0.1) is 0 Å². The zero-order valence-corrected chi connectivity index (χ0v) is 6.98. The normalized spacial score (nSPS) is 9.90. The molecule has 0 saturated heterocycles. The minimum absolute atomic E-state index is 0.415. The van der Waals surface area contributed by atoms with Gasteiger partial charge in [0, 0.05) is 0 Å². The van der Waals surface area contributed by atoms with E-state index in [0.29, 0.717) is 0 Å². The molecule has 0 rings (SSSR count). The Morgan fingerprint density at radius 1 is 1.50 bits per heavy atom. The summed E-state index contributed by atoms with van der Waals surface area (Å²) in [5.74, 6) is 0. The van der Waals surface area contributed by atoms with Gasteiger partial charge in [0.25, 0.3) is 0 Å². The molecule has 0 saturated carbocycles. The van der Waals surface area contributed by atoms with E-state index in [1.165, 1.54) is 11.6 Å². The molecule has 0 amide bonds. The fourth-order valence-electron chi connectivity index (χ4n) is 0.464. The Balaban J connectivity index is 3.55. The molecule has 2 heteroatoms. The minimum Gasteiger partial charge on any atom is -0.276 e. The number of halogens is 1. The lowest BCUT2D eigenvalue weighted by atomic mass is 10.2. The van der Waals surface area contributed by atoms with Crippen molar-refractivity contribution in [3.63, 3.8) is 0 Å². The maximum atomic E-state index is 10.1. The van der Waals surface area contributed by atoms with E-state index >= 15 is 0 Å². The van der Waals surface area contributed by atoms with Crippen molar-refractivity contribution in [2.24, 2.45) is 0 Å². The lowest BCUT2D eigenvalue weighted by molar-refractivity contribution is -0.107. The zero-order chi connectivity index (χ0) is 7.98. The molecule has 0 heterocycles. The second-order valence-electron chi connectivity index (χ2n) is 2.22. The van der Waals surface area contributed by atoms with Gasteiger partial charge in [-0.15, -0.1) is 0 Å². The van der Waals surface area contributed by atoms with Gasteiger partial charge in [0.2, 0.25) is 5.24 Å². The number of hydrogen-bond acceptors (Lipinski definition) is 1. The van der Waals surface area contributed by atoms with Crippen LogP contribution < -0.4 is 0 Å². The van der Waals surface area contributed by atoms with Crippen molar-refractivity contribution < 1.29 is 4.79 Å². The van der Waals surface area contributed by atoms with Crippen LogP contribution in [-0.2, 0) is 4.79 Å². The first kappa shape index (κ1) is 9.44. The third kappa shape index (κ3) is 7.44. The van der Waals surface area contributed by atoms with Crippen molar-refractivity contribution in [2.75, 3.05) is 0 Å². The van der Waals surface area contributed by atoms with Crippen LogP contribution in [0.25, 0.3) is 0 Å². The summed E-state index contributed by atoms with van der Waals surface area (Å²) in [6.45, 7) is 4.02. The van der Waals surface area contributed by atoms with Gasteiger partial charge >= 0.3 is 0 Å². The van der Waals surface area contributed by atoms with Crippen molar-refractivity contribution in [1.29, 1.82) is 0 Å². The minimum atomic E-state index is -0.415. The highest BCUT2D eigenvalue weighted by molar-refractivity contribution is 6.66. The Bertz CT molecular complexity index is 164. The smallest absolute Gasteiger partial charge is 0.244 e. The van der Waals surface area contributed by atoms with E-state index in [4.69, 9.17) is 11.6 Å². The Morgan fingerprint density at radius 3 is 2.50 bits per heavy atom. The van der Waals surface area contributed by atoms with Crippen molar-refractivity contribution in [2.45, 2.75) is 20.3 Å². The van der Waals surface area contributed by atoms with Gasteiger partial charge in [0.15, 0.2) is 0 Å². The third-order valence-electron chi connectivity index (χ3n) is 0.911. The van der Waals surface area contributed by atoms with Crippen molar-refractivity contribution >= 4 is 16.8 Å². The number of carbonyl (C=O) groups excluding carboxylic acids is 1. The van der Waals surface area contributed by atoms with Gasteiger partial charge in [-0.25, -0.2) is 0 Å². The quantitative estimate of drug-likeness (QED) is 0.351. The Hall–Kier alpha value is -0.560. The maximum Gasteiger partial charge on any atom is 0.244 e. The number of carbonyl (C=O) groups is 1. The molecule has 0 aromatic carbocycles. The highest BCUT2D eigenvalue weighted by atomic mass is 35.5. The molecule has 1 nitrogen and oxygen atoms in total. The molecular formula is C8H11ClO. The molecule has 0 N–H and O–H groups in total. The molecule has 0 fully saturated rings. The average Bonchev–Trinajstić information content (AvgIpc) is 1.79. The van der Waals surface area contributed by atoms with Crippen LogP contribution in [0.1, 0.15) is 20.3 Å². The molecule has 0 radical (unpaired) electrons. The van der Waals surface area contributed by atoms with E-state index in [1.54, 1.807) is 6.08 Å². The van der Waals surface area contributed by atoms with E-state index in [0.717, 1.165) is 6.42 Å². The SMILES string of the molecule is CC(C)=CC/C=C/C(=O)Cl. The molecule has 0 aromatic rings. The van der Waals surface area contributed by atoms with E-state index in [1.807, 2.05) is 19.9 Å². The highest BCUT2D eigenvalue weighted by Gasteiger charge is 1.81. The maximum absolute atomic E-state index is 10.1. The second-order valence-corrected chi connectivity index (χ2v) is 2.60. The Morgan fingerprint density at radius 2 is 2.10 bits per heavy atom. The molecule has 0 aliphatic carbocycles. The summed E-state index contributed by atoms with van der Waals surface area (Å²) < 4.78 is 0. The molecule has 0 aromatic heterocycles. The molecule has 10 heavy (non-hydrogen) atoms. The zero-order valence-electron chi connectivity index (χ0n) is 6.23. The molecule has 0 spiro atoms. The van der Waals surface area contributed by atoms with Gasteiger partial charge in [0.1, 0.15) is 0 Å². The number of rotatable bonds is 3. The van der Waals surface area contributed by atoms with E-state index < -0.39 is 5.24 Å².